The molecule has 0 aliphatic carbocycles. The average Bonchev–Trinajstić information content (AvgIpc) is 2.72. The molecule has 1 fully saturated rings. The molecular formula is C23H28ClN2O3+. The molecule has 1 aliphatic rings. The van der Waals surface area contributed by atoms with Crippen molar-refractivity contribution in [3.05, 3.63) is 64.7 Å². The summed E-state index contributed by atoms with van der Waals surface area (Å²) >= 11 is 6.21. The Morgan fingerprint density at radius 1 is 1.17 bits per heavy atom. The fourth-order valence-corrected chi connectivity index (χ4v) is 4.06. The van der Waals surface area contributed by atoms with Gasteiger partial charge in [0.1, 0.15) is 0 Å². The summed E-state index contributed by atoms with van der Waals surface area (Å²) in [5.74, 6) is -0.267. The number of carbonyl (C=O) groups excluding carboxylic acids is 2. The van der Waals surface area contributed by atoms with Crippen LogP contribution in [0.25, 0.3) is 0 Å². The number of ether oxygens (including phenoxy) is 1. The highest BCUT2D eigenvalue weighted by molar-refractivity contribution is 6.31. The number of anilines is 1. The largest absolute Gasteiger partial charge is 0.466 e. The summed E-state index contributed by atoms with van der Waals surface area (Å²) in [5.41, 5.74) is 2.62. The van der Waals surface area contributed by atoms with Gasteiger partial charge in [0.25, 0.3) is 5.91 Å². The molecule has 1 amide bonds. The first kappa shape index (κ1) is 21.3. The fraction of sp³-hybridized carbons (Fsp3) is 0.391. The number of quaternary nitrogens is 1. The summed E-state index contributed by atoms with van der Waals surface area (Å²) in [6, 6.07) is 15.0. The van der Waals surface area contributed by atoms with E-state index in [1.165, 1.54) is 0 Å². The number of halogens is 1. The van der Waals surface area contributed by atoms with E-state index in [1.54, 1.807) is 6.07 Å². The van der Waals surface area contributed by atoms with Crippen molar-refractivity contribution < 1.29 is 19.2 Å². The summed E-state index contributed by atoms with van der Waals surface area (Å²) in [7, 11) is 0. The Balaban J connectivity index is 1.76. The van der Waals surface area contributed by atoms with E-state index in [9.17, 15) is 9.59 Å². The lowest BCUT2D eigenvalue weighted by Gasteiger charge is -2.33. The molecular weight excluding hydrogens is 388 g/mol. The molecule has 0 spiro atoms. The van der Waals surface area contributed by atoms with Gasteiger partial charge in [0.15, 0.2) is 6.04 Å². The highest BCUT2D eigenvalue weighted by atomic mass is 35.5. The first-order chi connectivity index (χ1) is 14.0. The third-order valence-electron chi connectivity index (χ3n) is 5.49. The van der Waals surface area contributed by atoms with Crippen LogP contribution in [0.2, 0.25) is 5.02 Å². The molecule has 1 aliphatic heterocycles. The molecule has 29 heavy (non-hydrogen) atoms. The van der Waals surface area contributed by atoms with Crippen LogP contribution in [0.15, 0.2) is 48.5 Å². The Kier molecular flexibility index (Phi) is 7.29. The van der Waals surface area contributed by atoms with Crippen molar-refractivity contribution in [1.82, 2.24) is 0 Å². The van der Waals surface area contributed by atoms with Crippen LogP contribution in [-0.4, -0.2) is 31.6 Å². The number of esters is 1. The molecule has 2 aromatic carbocycles. The number of carbonyl (C=O) groups is 2. The minimum Gasteiger partial charge on any atom is -0.466 e. The lowest BCUT2D eigenvalue weighted by atomic mass is 9.94. The van der Waals surface area contributed by atoms with E-state index in [-0.39, 0.29) is 23.8 Å². The second-order valence-electron chi connectivity index (χ2n) is 7.48. The van der Waals surface area contributed by atoms with Crippen LogP contribution in [0.5, 0.6) is 0 Å². The normalized spacial score (nSPS) is 20.0. The molecule has 2 aromatic rings. The van der Waals surface area contributed by atoms with Crippen LogP contribution in [0.3, 0.4) is 0 Å². The predicted octanol–water partition coefficient (Wildman–Crippen LogP) is 3.19. The van der Waals surface area contributed by atoms with Crippen molar-refractivity contribution in [2.75, 3.05) is 25.0 Å². The van der Waals surface area contributed by atoms with Gasteiger partial charge >= 0.3 is 5.97 Å². The molecule has 2 N–H and O–H groups in total. The first-order valence-electron chi connectivity index (χ1n) is 10.1. The van der Waals surface area contributed by atoms with E-state index < -0.39 is 0 Å². The van der Waals surface area contributed by atoms with Crippen molar-refractivity contribution in [2.45, 2.75) is 32.7 Å². The number of hydrogen-bond acceptors (Lipinski definition) is 3. The number of aryl methyl sites for hydroxylation is 1. The molecule has 1 heterocycles. The van der Waals surface area contributed by atoms with Crippen LogP contribution >= 0.6 is 11.6 Å². The van der Waals surface area contributed by atoms with E-state index in [0.717, 1.165) is 42.0 Å². The van der Waals surface area contributed by atoms with Gasteiger partial charge in [0.2, 0.25) is 0 Å². The predicted molar refractivity (Wildman–Crippen MR) is 114 cm³/mol. The van der Waals surface area contributed by atoms with E-state index in [2.05, 4.69) is 5.32 Å². The van der Waals surface area contributed by atoms with Crippen molar-refractivity contribution in [3.63, 3.8) is 0 Å². The molecule has 1 saturated heterocycles. The van der Waals surface area contributed by atoms with Gasteiger partial charge < -0.3 is 15.0 Å². The monoisotopic (exact) mass is 415 g/mol. The summed E-state index contributed by atoms with van der Waals surface area (Å²) in [4.78, 5) is 26.5. The van der Waals surface area contributed by atoms with Crippen molar-refractivity contribution in [2.24, 2.45) is 5.92 Å². The lowest BCUT2D eigenvalue weighted by molar-refractivity contribution is -0.927. The van der Waals surface area contributed by atoms with Crippen LogP contribution < -0.4 is 10.2 Å². The average molecular weight is 416 g/mol. The number of amides is 1. The highest BCUT2D eigenvalue weighted by Gasteiger charge is 2.37. The van der Waals surface area contributed by atoms with Crippen LogP contribution in [0, 0.1) is 12.8 Å². The van der Waals surface area contributed by atoms with Gasteiger partial charge in [-0.2, -0.15) is 0 Å². The second kappa shape index (κ2) is 9.90. The van der Waals surface area contributed by atoms with Crippen molar-refractivity contribution in [3.8, 4) is 0 Å². The standard InChI is InChI=1S/C23H27ClN2O3/c1-3-29-23(28)18-11-13-26(14-12-18)21(17-7-5-4-6-8-17)22(27)25-19-10-9-16(2)20(24)15-19/h4-10,15,18,21H,3,11-14H2,1-2H3,(H,25,27)/p+1/t21-/m1/s1. The van der Waals surface area contributed by atoms with E-state index >= 15 is 0 Å². The molecule has 1 atom stereocenters. The summed E-state index contributed by atoms with van der Waals surface area (Å²) in [6.07, 6.45) is 1.45. The van der Waals surface area contributed by atoms with Gasteiger partial charge in [-0.25, -0.2) is 0 Å². The Labute approximate surface area is 177 Å². The maximum absolute atomic E-state index is 13.3. The fourth-order valence-electron chi connectivity index (χ4n) is 3.88. The molecule has 154 valence electrons. The zero-order valence-electron chi connectivity index (χ0n) is 16.9. The van der Waals surface area contributed by atoms with Gasteiger partial charge in [-0.05, 0) is 31.5 Å². The number of nitrogens with one attached hydrogen (secondary N) is 2. The van der Waals surface area contributed by atoms with Gasteiger partial charge in [-0.3, -0.25) is 9.59 Å². The Hall–Kier alpha value is -2.37. The molecule has 0 unspecified atom stereocenters. The van der Waals surface area contributed by atoms with E-state index in [1.807, 2.05) is 56.3 Å². The lowest BCUT2D eigenvalue weighted by Crippen LogP contribution is -3.14. The third-order valence-corrected chi connectivity index (χ3v) is 5.90. The quantitative estimate of drug-likeness (QED) is 0.712. The molecule has 5 nitrogen and oxygen atoms in total. The minimum atomic E-state index is -0.348. The highest BCUT2D eigenvalue weighted by Crippen LogP contribution is 2.22. The molecule has 0 bridgehead atoms. The van der Waals surface area contributed by atoms with Crippen molar-refractivity contribution in [1.29, 1.82) is 0 Å². The maximum Gasteiger partial charge on any atom is 0.309 e. The Morgan fingerprint density at radius 2 is 1.86 bits per heavy atom. The maximum atomic E-state index is 13.3. The molecule has 3 rings (SSSR count). The Bertz CT molecular complexity index is 848. The smallest absolute Gasteiger partial charge is 0.309 e. The molecule has 6 heteroatoms. The SMILES string of the molecule is CCOC(=O)C1CC[NH+]([C@@H](C(=O)Nc2ccc(C)c(Cl)c2)c2ccccc2)CC1. The summed E-state index contributed by atoms with van der Waals surface area (Å²) in [5, 5.41) is 3.65. The van der Waals surface area contributed by atoms with Gasteiger partial charge in [0, 0.05) is 29.1 Å². The minimum absolute atomic E-state index is 0.0688. The number of hydrogen-bond donors (Lipinski definition) is 2. The van der Waals surface area contributed by atoms with Gasteiger partial charge in [-0.15, -0.1) is 0 Å². The molecule has 0 aromatic heterocycles. The number of piperidine rings is 1. The number of likely N-dealkylation sites (tertiary alicyclic amines) is 1. The third kappa shape index (κ3) is 5.37. The number of benzene rings is 2. The molecule has 0 saturated carbocycles. The van der Waals surface area contributed by atoms with E-state index in [4.69, 9.17) is 16.3 Å². The summed E-state index contributed by atoms with van der Waals surface area (Å²) < 4.78 is 5.17. The molecule has 0 radical (unpaired) electrons. The topological polar surface area (TPSA) is 59.8 Å². The Morgan fingerprint density at radius 3 is 2.48 bits per heavy atom. The second-order valence-corrected chi connectivity index (χ2v) is 7.89. The van der Waals surface area contributed by atoms with Crippen LogP contribution in [-0.2, 0) is 14.3 Å². The van der Waals surface area contributed by atoms with Crippen LogP contribution in [0.4, 0.5) is 5.69 Å². The summed E-state index contributed by atoms with van der Waals surface area (Å²) in [6.45, 7) is 5.64. The van der Waals surface area contributed by atoms with Crippen molar-refractivity contribution >= 4 is 29.2 Å². The van der Waals surface area contributed by atoms with Crippen LogP contribution in [0.1, 0.15) is 36.9 Å². The van der Waals surface area contributed by atoms with E-state index in [0.29, 0.717) is 17.3 Å². The van der Waals surface area contributed by atoms with Gasteiger partial charge in [0.05, 0.1) is 25.6 Å². The zero-order valence-corrected chi connectivity index (χ0v) is 17.7. The number of rotatable bonds is 6. The van der Waals surface area contributed by atoms with Gasteiger partial charge in [-0.1, -0.05) is 48.0 Å². The zero-order chi connectivity index (χ0) is 20.8. The first-order valence-corrected chi connectivity index (χ1v) is 10.5.